The molecule has 9 nitrogen and oxygen atoms in total. The van der Waals surface area contributed by atoms with Crippen LogP contribution in [0.2, 0.25) is 0 Å². The highest BCUT2D eigenvalue weighted by Crippen LogP contribution is 2.21. The van der Waals surface area contributed by atoms with Crippen LogP contribution in [0.15, 0.2) is 53.3 Å². The van der Waals surface area contributed by atoms with Gasteiger partial charge >= 0.3 is 21.2 Å². The van der Waals surface area contributed by atoms with E-state index in [4.69, 9.17) is 4.74 Å². The van der Waals surface area contributed by atoms with E-state index in [0.29, 0.717) is 38.2 Å². The summed E-state index contributed by atoms with van der Waals surface area (Å²) in [5.74, 6) is -0.532. The van der Waals surface area contributed by atoms with Gasteiger partial charge in [-0.05, 0) is 49.4 Å². The number of hydrogen-bond acceptors (Lipinski definition) is 6. The van der Waals surface area contributed by atoms with E-state index in [2.05, 4.69) is 5.10 Å². The van der Waals surface area contributed by atoms with Crippen LogP contribution < -0.4 is 15.1 Å². The fourth-order valence-electron chi connectivity index (χ4n) is 3.68. The number of ether oxygens (including phenoxy) is 1. The van der Waals surface area contributed by atoms with Crippen LogP contribution in [-0.2, 0) is 40.7 Å². The number of rotatable bonds is 12. The minimum atomic E-state index is -5.77. The summed E-state index contributed by atoms with van der Waals surface area (Å²) in [5, 5.41) is 4.57. The van der Waals surface area contributed by atoms with Gasteiger partial charge in [0.15, 0.2) is 6.61 Å². The van der Waals surface area contributed by atoms with Crippen molar-refractivity contribution in [3.8, 4) is 5.75 Å². The predicted octanol–water partition coefficient (Wildman–Crippen LogP) is 3.33. The molecule has 0 saturated carbocycles. The van der Waals surface area contributed by atoms with Gasteiger partial charge < -0.3 is 4.74 Å². The minimum Gasteiger partial charge on any atom is -0.484 e. The maximum absolute atomic E-state index is 12.9. The molecule has 3 rings (SSSR count). The molecule has 0 bridgehead atoms. The van der Waals surface area contributed by atoms with Gasteiger partial charge in [0.1, 0.15) is 11.6 Å². The molecule has 2 aromatic carbocycles. The van der Waals surface area contributed by atoms with E-state index in [1.54, 1.807) is 16.7 Å². The first-order chi connectivity index (χ1) is 17.9. The van der Waals surface area contributed by atoms with Gasteiger partial charge in [0.05, 0.1) is 6.54 Å². The number of carbonyl (C=O) groups excluding carboxylic acids is 1. The smallest absolute Gasteiger partial charge is 0.484 e. The fraction of sp³-hybridized carbons (Fsp3) is 0.400. The monoisotopic (exact) mass is 554 g/mol. The van der Waals surface area contributed by atoms with Crippen molar-refractivity contribution in [1.82, 2.24) is 19.1 Å². The number of benzene rings is 2. The van der Waals surface area contributed by atoms with Crippen LogP contribution in [0, 0.1) is 6.92 Å². The topological polar surface area (TPSA) is 112 Å². The van der Waals surface area contributed by atoms with E-state index >= 15 is 0 Å². The van der Waals surface area contributed by atoms with Crippen molar-refractivity contribution in [3.05, 3.63) is 81.5 Å². The number of nitrogens with one attached hydrogen (secondary N) is 1. The number of aryl methyl sites for hydroxylation is 3. The molecule has 0 aliphatic heterocycles. The molecule has 0 atom stereocenters. The molecule has 0 saturated heterocycles. The zero-order chi connectivity index (χ0) is 27.9. The average molecular weight is 555 g/mol. The normalized spacial score (nSPS) is 11.9. The summed E-state index contributed by atoms with van der Waals surface area (Å²) in [6, 6.07) is 14.5. The maximum atomic E-state index is 12.9. The highest BCUT2D eigenvalue weighted by molar-refractivity contribution is 7.90. The molecule has 0 aliphatic rings. The molecule has 1 aromatic heterocycles. The van der Waals surface area contributed by atoms with E-state index in [-0.39, 0.29) is 11.4 Å². The Morgan fingerprint density at radius 2 is 1.66 bits per heavy atom. The summed E-state index contributed by atoms with van der Waals surface area (Å²) in [4.78, 5) is 24.4. The second-order valence-corrected chi connectivity index (χ2v) is 10.4. The van der Waals surface area contributed by atoms with Crippen LogP contribution in [0.3, 0.4) is 0 Å². The lowest BCUT2D eigenvalue weighted by Gasteiger charge is -2.10. The van der Waals surface area contributed by atoms with E-state index < -0.39 is 28.0 Å². The number of amides is 1. The van der Waals surface area contributed by atoms with Crippen LogP contribution in [0.4, 0.5) is 13.2 Å². The van der Waals surface area contributed by atoms with Crippen LogP contribution in [-0.4, -0.2) is 40.8 Å². The summed E-state index contributed by atoms with van der Waals surface area (Å²) in [7, 11) is -5.77. The van der Waals surface area contributed by atoms with Crippen molar-refractivity contribution in [3.63, 3.8) is 0 Å². The second-order valence-electron chi connectivity index (χ2n) is 8.75. The first-order valence-electron chi connectivity index (χ1n) is 12.0. The van der Waals surface area contributed by atoms with Crippen molar-refractivity contribution < 1.29 is 31.1 Å². The number of halogens is 3. The predicted molar refractivity (Wildman–Crippen MR) is 134 cm³/mol. The molecule has 0 fully saturated rings. The van der Waals surface area contributed by atoms with Gasteiger partial charge in [0, 0.05) is 13.0 Å². The lowest BCUT2D eigenvalue weighted by atomic mass is 10.1. The minimum absolute atomic E-state index is 0.143. The van der Waals surface area contributed by atoms with Crippen LogP contribution in [0.1, 0.15) is 42.3 Å². The third-order valence-electron chi connectivity index (χ3n) is 5.61. The van der Waals surface area contributed by atoms with Crippen molar-refractivity contribution in [1.29, 1.82) is 0 Å². The summed E-state index contributed by atoms with van der Waals surface area (Å²) in [5.41, 5.74) is -2.66. The van der Waals surface area contributed by atoms with Crippen LogP contribution >= 0.6 is 0 Å². The molecule has 0 aliphatic carbocycles. The van der Waals surface area contributed by atoms with Crippen molar-refractivity contribution in [2.75, 3.05) is 6.61 Å². The third kappa shape index (κ3) is 7.70. The number of aromatic nitrogens is 3. The molecule has 206 valence electrons. The van der Waals surface area contributed by atoms with E-state index in [1.165, 1.54) is 16.8 Å². The molecule has 3 aromatic rings. The van der Waals surface area contributed by atoms with E-state index in [0.717, 1.165) is 27.8 Å². The summed E-state index contributed by atoms with van der Waals surface area (Å²) < 4.78 is 68.1. The molecular formula is C25H29F3N4O5S. The van der Waals surface area contributed by atoms with Gasteiger partial charge in [0.25, 0.3) is 5.91 Å². The van der Waals surface area contributed by atoms with Crippen molar-refractivity contribution in [2.45, 2.75) is 58.1 Å². The Labute approximate surface area is 218 Å². The number of hydrogen-bond donors (Lipinski definition) is 1. The number of carbonyl (C=O) groups is 1. The largest absolute Gasteiger partial charge is 0.516 e. The van der Waals surface area contributed by atoms with Crippen molar-refractivity contribution in [2.24, 2.45) is 0 Å². The van der Waals surface area contributed by atoms with Gasteiger partial charge in [-0.3, -0.25) is 9.36 Å². The first-order valence-corrected chi connectivity index (χ1v) is 13.4. The van der Waals surface area contributed by atoms with E-state index in [1.807, 2.05) is 38.1 Å². The molecule has 38 heavy (non-hydrogen) atoms. The van der Waals surface area contributed by atoms with Gasteiger partial charge in [-0.2, -0.15) is 26.7 Å². The van der Waals surface area contributed by atoms with Gasteiger partial charge in [-0.25, -0.2) is 14.2 Å². The van der Waals surface area contributed by atoms with Gasteiger partial charge in [-0.1, -0.05) is 48.9 Å². The first kappa shape index (κ1) is 29.0. The number of alkyl halides is 3. The SMILES string of the molecule is CCCn1c(CCCc2ccc(OCC(=O)NS(=O)(=O)C(F)(F)F)cc2)nn(Cc2ccc(C)cc2)c1=O. The van der Waals surface area contributed by atoms with E-state index in [9.17, 15) is 31.2 Å². The number of sulfonamides is 1. The Balaban J connectivity index is 1.54. The Morgan fingerprint density at radius 1 is 1.03 bits per heavy atom. The Morgan fingerprint density at radius 3 is 2.26 bits per heavy atom. The molecule has 0 radical (unpaired) electrons. The lowest BCUT2D eigenvalue weighted by molar-refractivity contribution is -0.121. The van der Waals surface area contributed by atoms with Gasteiger partial charge in [0.2, 0.25) is 0 Å². The Bertz CT molecular complexity index is 1400. The molecule has 13 heteroatoms. The van der Waals surface area contributed by atoms with Crippen LogP contribution in [0.25, 0.3) is 0 Å². The molecule has 1 N–H and O–H groups in total. The summed E-state index contributed by atoms with van der Waals surface area (Å²) in [6.45, 7) is 4.07. The zero-order valence-electron chi connectivity index (χ0n) is 21.0. The summed E-state index contributed by atoms with van der Waals surface area (Å²) >= 11 is 0. The number of nitrogens with zero attached hydrogens (tertiary/aromatic N) is 3. The van der Waals surface area contributed by atoms with Crippen LogP contribution in [0.5, 0.6) is 5.75 Å². The lowest BCUT2D eigenvalue weighted by Crippen LogP contribution is -2.42. The van der Waals surface area contributed by atoms with Gasteiger partial charge in [-0.15, -0.1) is 0 Å². The standard InChI is InChI=1S/C25H29F3N4O5S/c1-3-15-31-22(29-32(24(31)34)16-20-9-7-18(2)8-10-20)6-4-5-19-11-13-21(14-12-19)37-17-23(33)30-38(35,36)25(26,27)28/h7-14H,3-6,15-17H2,1-2H3,(H,30,33). The Hall–Kier alpha value is -3.61. The highest BCUT2D eigenvalue weighted by Gasteiger charge is 2.47. The quantitative estimate of drug-likeness (QED) is 0.368. The highest BCUT2D eigenvalue weighted by atomic mass is 32.2. The Kier molecular flexibility index (Phi) is 9.36. The zero-order valence-corrected chi connectivity index (χ0v) is 21.8. The molecule has 1 amide bonds. The fourth-order valence-corrected chi connectivity index (χ4v) is 4.15. The average Bonchev–Trinajstić information content (AvgIpc) is 3.13. The van der Waals surface area contributed by atoms with Crippen molar-refractivity contribution >= 4 is 15.9 Å². The third-order valence-corrected chi connectivity index (χ3v) is 6.72. The molecule has 0 spiro atoms. The molecular weight excluding hydrogens is 525 g/mol. The molecule has 0 unspecified atom stereocenters. The maximum Gasteiger partial charge on any atom is 0.516 e. The molecule has 1 heterocycles. The summed E-state index contributed by atoms with van der Waals surface area (Å²) in [6.07, 6.45) is 2.76. The second kappa shape index (κ2) is 12.3.